The lowest BCUT2D eigenvalue weighted by Gasteiger charge is -2.20. The molecule has 0 radical (unpaired) electrons. The fraction of sp³-hybridized carbons (Fsp3) is 0.190. The number of anilines is 2. The molecule has 158 valence electrons. The van der Waals surface area contributed by atoms with Crippen molar-refractivity contribution >= 4 is 39.7 Å². The number of para-hydroxylation sites is 2. The molecule has 3 heterocycles. The molecule has 0 saturated heterocycles. The summed E-state index contributed by atoms with van der Waals surface area (Å²) in [6, 6.07) is 8.92. The zero-order valence-corrected chi connectivity index (χ0v) is 17.9. The molecule has 0 bridgehead atoms. The lowest BCUT2D eigenvalue weighted by molar-refractivity contribution is -0.115. The number of fused-ring (bicyclic) bond motifs is 1. The molecule has 0 aliphatic rings. The van der Waals surface area contributed by atoms with Gasteiger partial charge in [0, 0.05) is 24.7 Å². The van der Waals surface area contributed by atoms with Gasteiger partial charge in [-0.15, -0.1) is 11.3 Å². The summed E-state index contributed by atoms with van der Waals surface area (Å²) in [5.74, 6) is -0.193. The monoisotopic (exact) mass is 437 g/mol. The van der Waals surface area contributed by atoms with Crippen LogP contribution in [0.3, 0.4) is 0 Å². The second kappa shape index (κ2) is 8.52. The number of methoxy groups -OCH3 is 1. The third-order valence-corrected chi connectivity index (χ3v) is 5.37. The molecule has 1 aromatic carbocycles. The molecular formula is C21H19N5O4S. The van der Waals surface area contributed by atoms with Crippen LogP contribution in [-0.4, -0.2) is 38.6 Å². The molecular weight excluding hydrogens is 418 g/mol. The largest absolute Gasteiger partial charge is 0.495 e. The van der Waals surface area contributed by atoms with Crippen LogP contribution in [0, 0.1) is 6.92 Å². The number of hydrogen-bond acceptors (Lipinski definition) is 8. The number of thiazole rings is 1. The standard InChI is InChI=1S/C21H19N5O4S/c1-13-18(19-22-9-6-10-25(19)24-13)20(28)30-11-15-12-31-21(23-15)26(14(2)27)16-7-4-5-8-17(16)29-3/h4-10,12H,11H2,1-3H3. The van der Waals surface area contributed by atoms with Crippen molar-refractivity contribution in [1.82, 2.24) is 19.6 Å². The van der Waals surface area contributed by atoms with E-state index in [1.54, 1.807) is 50.0 Å². The summed E-state index contributed by atoms with van der Waals surface area (Å²) in [5, 5.41) is 6.47. The highest BCUT2D eigenvalue weighted by Gasteiger charge is 2.23. The van der Waals surface area contributed by atoms with E-state index < -0.39 is 5.97 Å². The van der Waals surface area contributed by atoms with Gasteiger partial charge in [0.25, 0.3) is 0 Å². The van der Waals surface area contributed by atoms with Crippen LogP contribution in [0.1, 0.15) is 28.7 Å². The number of aromatic nitrogens is 4. The van der Waals surface area contributed by atoms with Crippen molar-refractivity contribution in [1.29, 1.82) is 0 Å². The maximum Gasteiger partial charge on any atom is 0.344 e. The number of aryl methyl sites for hydroxylation is 1. The molecule has 0 spiro atoms. The number of rotatable bonds is 6. The Morgan fingerprint density at radius 3 is 2.81 bits per heavy atom. The van der Waals surface area contributed by atoms with E-state index in [-0.39, 0.29) is 12.5 Å². The van der Waals surface area contributed by atoms with Crippen molar-refractivity contribution in [3.63, 3.8) is 0 Å². The van der Waals surface area contributed by atoms with E-state index in [0.717, 1.165) is 0 Å². The average Bonchev–Trinajstić information content (AvgIpc) is 3.35. The molecule has 10 heteroatoms. The number of benzene rings is 1. The summed E-state index contributed by atoms with van der Waals surface area (Å²) in [4.78, 5) is 35.1. The minimum atomic E-state index is -0.533. The Kier molecular flexibility index (Phi) is 5.63. The van der Waals surface area contributed by atoms with Crippen LogP contribution in [0.4, 0.5) is 10.8 Å². The van der Waals surface area contributed by atoms with Crippen molar-refractivity contribution in [2.45, 2.75) is 20.5 Å². The van der Waals surface area contributed by atoms with Crippen LogP contribution in [0.15, 0.2) is 48.1 Å². The topological polar surface area (TPSA) is 98.9 Å². The van der Waals surface area contributed by atoms with Crippen molar-refractivity contribution in [3.8, 4) is 5.75 Å². The molecule has 0 atom stereocenters. The van der Waals surface area contributed by atoms with Gasteiger partial charge in [-0.05, 0) is 25.1 Å². The molecule has 4 rings (SSSR count). The first-order valence-corrected chi connectivity index (χ1v) is 10.2. The van der Waals surface area contributed by atoms with Crippen molar-refractivity contribution < 1.29 is 19.1 Å². The Morgan fingerprint density at radius 2 is 2.03 bits per heavy atom. The summed E-state index contributed by atoms with van der Waals surface area (Å²) < 4.78 is 12.4. The highest BCUT2D eigenvalue weighted by Crippen LogP contribution is 2.35. The Morgan fingerprint density at radius 1 is 1.23 bits per heavy atom. The number of carbonyl (C=O) groups is 2. The molecule has 0 aliphatic heterocycles. The van der Waals surface area contributed by atoms with E-state index >= 15 is 0 Å². The zero-order chi connectivity index (χ0) is 22.0. The van der Waals surface area contributed by atoms with Crippen molar-refractivity contribution in [2.75, 3.05) is 12.0 Å². The number of ether oxygens (including phenoxy) is 2. The highest BCUT2D eigenvalue weighted by atomic mass is 32.1. The van der Waals surface area contributed by atoms with E-state index in [9.17, 15) is 9.59 Å². The Bertz CT molecular complexity index is 1270. The van der Waals surface area contributed by atoms with Gasteiger partial charge in [-0.1, -0.05) is 12.1 Å². The van der Waals surface area contributed by atoms with Gasteiger partial charge >= 0.3 is 5.97 Å². The molecule has 0 aliphatic carbocycles. The van der Waals surface area contributed by atoms with Gasteiger partial charge in [0.05, 0.1) is 24.2 Å². The molecule has 0 fully saturated rings. The predicted molar refractivity (Wildman–Crippen MR) is 115 cm³/mol. The van der Waals surface area contributed by atoms with Gasteiger partial charge in [0.15, 0.2) is 10.8 Å². The van der Waals surface area contributed by atoms with Crippen LogP contribution in [0.25, 0.3) is 5.65 Å². The summed E-state index contributed by atoms with van der Waals surface area (Å²) in [6.07, 6.45) is 3.31. The van der Waals surface area contributed by atoms with Crippen LogP contribution < -0.4 is 9.64 Å². The lowest BCUT2D eigenvalue weighted by atomic mass is 10.2. The second-order valence-corrected chi connectivity index (χ2v) is 7.41. The maximum atomic E-state index is 12.6. The third kappa shape index (κ3) is 3.97. The minimum absolute atomic E-state index is 0.0450. The summed E-state index contributed by atoms with van der Waals surface area (Å²) in [6.45, 7) is 3.13. The summed E-state index contributed by atoms with van der Waals surface area (Å²) in [7, 11) is 1.54. The van der Waals surface area contributed by atoms with E-state index in [4.69, 9.17) is 9.47 Å². The smallest absolute Gasteiger partial charge is 0.344 e. The number of amides is 1. The Balaban J connectivity index is 1.54. The normalized spacial score (nSPS) is 10.8. The first-order chi connectivity index (χ1) is 15.0. The number of hydrogen-bond donors (Lipinski definition) is 0. The lowest BCUT2D eigenvalue weighted by Crippen LogP contribution is -2.23. The summed E-state index contributed by atoms with van der Waals surface area (Å²) >= 11 is 1.27. The van der Waals surface area contributed by atoms with Gasteiger partial charge < -0.3 is 9.47 Å². The fourth-order valence-corrected chi connectivity index (χ4v) is 4.00. The molecule has 31 heavy (non-hydrogen) atoms. The van der Waals surface area contributed by atoms with Gasteiger partial charge in [-0.3, -0.25) is 9.69 Å². The number of nitrogens with zero attached hydrogens (tertiary/aromatic N) is 5. The Labute approximate surface area is 181 Å². The molecule has 1 amide bonds. The quantitative estimate of drug-likeness (QED) is 0.425. The molecule has 0 N–H and O–H groups in total. The zero-order valence-electron chi connectivity index (χ0n) is 17.1. The third-order valence-electron chi connectivity index (χ3n) is 4.50. The molecule has 0 saturated carbocycles. The SMILES string of the molecule is COc1ccccc1N(C(C)=O)c1nc(COC(=O)c2c(C)nn3cccnc23)cs1. The first-order valence-electron chi connectivity index (χ1n) is 9.34. The van der Waals surface area contributed by atoms with Gasteiger partial charge in [0.2, 0.25) is 5.91 Å². The van der Waals surface area contributed by atoms with Crippen molar-refractivity contribution in [2.24, 2.45) is 0 Å². The number of esters is 1. The fourth-order valence-electron chi connectivity index (χ4n) is 3.13. The second-order valence-electron chi connectivity index (χ2n) is 6.57. The average molecular weight is 437 g/mol. The molecule has 3 aromatic heterocycles. The van der Waals surface area contributed by atoms with Crippen LogP contribution >= 0.6 is 11.3 Å². The maximum absolute atomic E-state index is 12.6. The van der Waals surface area contributed by atoms with Crippen LogP contribution in [0.5, 0.6) is 5.75 Å². The van der Waals surface area contributed by atoms with Crippen molar-refractivity contribution in [3.05, 3.63) is 65.1 Å². The van der Waals surface area contributed by atoms with Crippen LogP contribution in [0.2, 0.25) is 0 Å². The van der Waals surface area contributed by atoms with E-state index in [1.807, 2.05) is 12.1 Å². The van der Waals surface area contributed by atoms with Gasteiger partial charge in [-0.25, -0.2) is 19.3 Å². The highest BCUT2D eigenvalue weighted by molar-refractivity contribution is 7.14. The van der Waals surface area contributed by atoms with Gasteiger partial charge in [-0.2, -0.15) is 5.10 Å². The van der Waals surface area contributed by atoms with E-state index in [2.05, 4.69) is 15.1 Å². The predicted octanol–water partition coefficient (Wildman–Crippen LogP) is 3.54. The summed E-state index contributed by atoms with van der Waals surface area (Å²) in [5.41, 5.74) is 2.39. The van der Waals surface area contributed by atoms with E-state index in [1.165, 1.54) is 27.7 Å². The van der Waals surface area contributed by atoms with Crippen LogP contribution in [-0.2, 0) is 16.1 Å². The molecule has 4 aromatic rings. The number of carbonyl (C=O) groups excluding carboxylic acids is 2. The van der Waals surface area contributed by atoms with Gasteiger partial charge in [0.1, 0.15) is 17.9 Å². The molecule has 0 unspecified atom stereocenters. The minimum Gasteiger partial charge on any atom is -0.495 e. The van der Waals surface area contributed by atoms with E-state index in [0.29, 0.717) is 39.2 Å². The molecule has 9 nitrogen and oxygen atoms in total. The Hall–Kier alpha value is -3.79. The first kappa shape index (κ1) is 20.5.